The topological polar surface area (TPSA) is 109 Å². The number of carboxylic acid groups (broad SMARTS) is 1. The molecule has 1 atom stereocenters. The van der Waals surface area contributed by atoms with E-state index in [1.54, 1.807) is 0 Å². The van der Waals surface area contributed by atoms with Crippen molar-refractivity contribution >= 4 is 16.0 Å². The summed E-state index contributed by atoms with van der Waals surface area (Å²) in [6.45, 7) is 1.82. The smallest absolute Gasteiger partial charge is 0.352 e. The molecule has 21 heavy (non-hydrogen) atoms. The molecule has 3 N–H and O–H groups in total. The molecule has 7 nitrogen and oxygen atoms in total. The van der Waals surface area contributed by atoms with Crippen molar-refractivity contribution in [2.75, 3.05) is 6.54 Å². The van der Waals surface area contributed by atoms with Crippen molar-refractivity contribution in [1.82, 2.24) is 9.29 Å². The van der Waals surface area contributed by atoms with Crippen LogP contribution in [0.4, 0.5) is 0 Å². The normalized spacial score (nSPS) is 16.9. The van der Waals surface area contributed by atoms with Crippen LogP contribution in [0.15, 0.2) is 17.2 Å². The molecule has 2 rings (SSSR count). The van der Waals surface area contributed by atoms with Gasteiger partial charge in [-0.1, -0.05) is 13.3 Å². The first kappa shape index (κ1) is 16.0. The van der Waals surface area contributed by atoms with E-state index in [0.29, 0.717) is 6.42 Å². The van der Waals surface area contributed by atoms with E-state index in [1.807, 2.05) is 6.92 Å². The van der Waals surface area contributed by atoms with Crippen LogP contribution in [0.25, 0.3) is 0 Å². The van der Waals surface area contributed by atoms with E-state index >= 15 is 0 Å². The summed E-state index contributed by atoms with van der Waals surface area (Å²) in [5.41, 5.74) is -0.0213. The third-order valence-electron chi connectivity index (χ3n) is 3.42. The number of aromatic nitrogens is 1. The predicted molar refractivity (Wildman–Crippen MR) is 75.8 cm³/mol. The van der Waals surface area contributed by atoms with Crippen molar-refractivity contribution < 1.29 is 23.4 Å². The molecular weight excluding hydrogens is 296 g/mol. The summed E-state index contributed by atoms with van der Waals surface area (Å²) in [5.74, 6) is -1.14. The SMILES string of the molecule is CCCC(O)CNS(=O)(=O)c1cc(C(=O)O)n(C2CC2)c1. The van der Waals surface area contributed by atoms with E-state index in [1.165, 1.54) is 10.8 Å². The Morgan fingerprint density at radius 3 is 2.71 bits per heavy atom. The molecule has 1 heterocycles. The number of hydrogen-bond acceptors (Lipinski definition) is 4. The predicted octanol–water partition coefficient (Wildman–Crippen LogP) is 0.960. The fraction of sp³-hybridized carbons (Fsp3) is 0.615. The van der Waals surface area contributed by atoms with E-state index in [2.05, 4.69) is 4.72 Å². The van der Waals surface area contributed by atoms with Gasteiger partial charge in [0, 0.05) is 18.8 Å². The van der Waals surface area contributed by atoms with Gasteiger partial charge in [0.15, 0.2) is 0 Å². The Morgan fingerprint density at radius 1 is 1.52 bits per heavy atom. The second-order valence-electron chi connectivity index (χ2n) is 5.30. The lowest BCUT2D eigenvalue weighted by Gasteiger charge is -2.10. The van der Waals surface area contributed by atoms with E-state index in [9.17, 15) is 18.3 Å². The van der Waals surface area contributed by atoms with Crippen molar-refractivity contribution in [2.45, 2.75) is 49.6 Å². The van der Waals surface area contributed by atoms with Crippen LogP contribution in [0.3, 0.4) is 0 Å². The van der Waals surface area contributed by atoms with Gasteiger partial charge in [-0.3, -0.25) is 0 Å². The molecule has 1 aliphatic rings. The monoisotopic (exact) mass is 316 g/mol. The second kappa shape index (κ2) is 6.17. The van der Waals surface area contributed by atoms with Crippen LogP contribution >= 0.6 is 0 Å². The van der Waals surface area contributed by atoms with E-state index in [0.717, 1.165) is 25.3 Å². The van der Waals surface area contributed by atoms with Gasteiger partial charge in [-0.2, -0.15) is 0 Å². The summed E-state index contributed by atoms with van der Waals surface area (Å²) in [6, 6.07) is 1.24. The molecule has 1 aromatic rings. The van der Waals surface area contributed by atoms with Gasteiger partial charge >= 0.3 is 5.97 Å². The molecule has 0 amide bonds. The van der Waals surface area contributed by atoms with E-state index in [-0.39, 0.29) is 23.2 Å². The van der Waals surface area contributed by atoms with Gasteiger partial charge in [-0.05, 0) is 25.3 Å². The fourth-order valence-electron chi connectivity index (χ4n) is 2.15. The molecule has 1 saturated carbocycles. The third-order valence-corrected chi connectivity index (χ3v) is 4.81. The van der Waals surface area contributed by atoms with Crippen LogP contribution in [0.2, 0.25) is 0 Å². The highest BCUT2D eigenvalue weighted by Crippen LogP contribution is 2.37. The number of sulfonamides is 1. The highest BCUT2D eigenvalue weighted by molar-refractivity contribution is 7.89. The summed E-state index contributed by atoms with van der Waals surface area (Å²) in [7, 11) is -3.81. The maximum Gasteiger partial charge on any atom is 0.352 e. The molecule has 0 aromatic carbocycles. The Morgan fingerprint density at radius 2 is 2.19 bits per heavy atom. The first-order valence-corrected chi connectivity index (χ1v) is 8.46. The number of nitrogens with one attached hydrogen (secondary N) is 1. The summed E-state index contributed by atoms with van der Waals surface area (Å²) >= 11 is 0. The van der Waals surface area contributed by atoms with E-state index in [4.69, 9.17) is 5.11 Å². The third kappa shape index (κ3) is 3.84. The molecule has 0 aliphatic heterocycles. The molecule has 0 saturated heterocycles. The lowest BCUT2D eigenvalue weighted by atomic mass is 10.2. The van der Waals surface area contributed by atoms with Crippen LogP contribution in [-0.4, -0.2) is 41.8 Å². The summed E-state index contributed by atoms with van der Waals surface area (Å²) in [4.78, 5) is 11.1. The Kier molecular flexibility index (Phi) is 4.70. The zero-order chi connectivity index (χ0) is 15.6. The van der Waals surface area contributed by atoms with Crippen LogP contribution in [-0.2, 0) is 10.0 Å². The lowest BCUT2D eigenvalue weighted by molar-refractivity contribution is 0.0685. The van der Waals surface area contributed by atoms with Gasteiger partial charge < -0.3 is 14.8 Å². The van der Waals surface area contributed by atoms with Gasteiger partial charge in [0.25, 0.3) is 0 Å². The first-order chi connectivity index (χ1) is 9.85. The molecule has 1 fully saturated rings. The minimum Gasteiger partial charge on any atom is -0.477 e. The molecule has 118 valence electrons. The van der Waals surface area contributed by atoms with Crippen LogP contribution in [0, 0.1) is 0 Å². The van der Waals surface area contributed by atoms with E-state index < -0.39 is 22.1 Å². The summed E-state index contributed by atoms with van der Waals surface area (Å²) in [6.07, 6.45) is 3.59. The van der Waals surface area contributed by atoms with Crippen molar-refractivity contribution in [3.05, 3.63) is 18.0 Å². The average Bonchev–Trinajstić information content (AvgIpc) is 3.14. The number of hydrogen-bond donors (Lipinski definition) is 3. The maximum absolute atomic E-state index is 12.1. The number of rotatable bonds is 8. The highest BCUT2D eigenvalue weighted by Gasteiger charge is 2.30. The Hall–Kier alpha value is -1.38. The minimum atomic E-state index is -3.81. The summed E-state index contributed by atoms with van der Waals surface area (Å²) in [5, 5.41) is 18.7. The molecule has 0 spiro atoms. The first-order valence-electron chi connectivity index (χ1n) is 6.98. The molecular formula is C13H20N2O5S. The molecule has 0 radical (unpaired) electrons. The van der Waals surface area contributed by atoms with Gasteiger partial charge in [-0.25, -0.2) is 17.9 Å². The number of aromatic carboxylic acids is 1. The van der Waals surface area contributed by atoms with Crippen molar-refractivity contribution in [2.24, 2.45) is 0 Å². The second-order valence-corrected chi connectivity index (χ2v) is 7.07. The molecule has 0 bridgehead atoms. The van der Waals surface area contributed by atoms with Gasteiger partial charge in [-0.15, -0.1) is 0 Å². The van der Waals surface area contributed by atoms with Crippen molar-refractivity contribution in [3.8, 4) is 0 Å². The molecule has 8 heteroatoms. The molecule has 1 aromatic heterocycles. The number of nitrogens with zero attached hydrogens (tertiary/aromatic N) is 1. The number of aliphatic hydroxyl groups excluding tert-OH is 1. The lowest BCUT2D eigenvalue weighted by Crippen LogP contribution is -2.31. The minimum absolute atomic E-state index is 0.0213. The van der Waals surface area contributed by atoms with Gasteiger partial charge in [0.1, 0.15) is 10.6 Å². The van der Waals surface area contributed by atoms with Crippen LogP contribution < -0.4 is 4.72 Å². The van der Waals surface area contributed by atoms with Crippen LogP contribution in [0.5, 0.6) is 0 Å². The highest BCUT2D eigenvalue weighted by atomic mass is 32.2. The van der Waals surface area contributed by atoms with Gasteiger partial charge in [0.05, 0.1) is 6.10 Å². The standard InChI is InChI=1S/C13H20N2O5S/c1-2-3-10(16)7-14-21(19,20)11-6-12(13(17)18)15(8-11)9-4-5-9/h6,8-10,14,16H,2-5,7H2,1H3,(H,17,18). The number of carbonyl (C=O) groups is 1. The van der Waals surface area contributed by atoms with Crippen LogP contribution in [0.1, 0.15) is 49.1 Å². The largest absolute Gasteiger partial charge is 0.477 e. The fourth-order valence-corrected chi connectivity index (χ4v) is 3.25. The number of aliphatic hydroxyl groups is 1. The molecule has 1 unspecified atom stereocenters. The quantitative estimate of drug-likeness (QED) is 0.662. The Balaban J connectivity index is 2.16. The van der Waals surface area contributed by atoms with Gasteiger partial charge in [0.2, 0.25) is 10.0 Å². The Bertz CT molecular complexity index is 619. The average molecular weight is 316 g/mol. The Labute approximate surface area is 123 Å². The van der Waals surface area contributed by atoms with Crippen molar-refractivity contribution in [1.29, 1.82) is 0 Å². The number of carboxylic acids is 1. The molecule has 1 aliphatic carbocycles. The zero-order valence-corrected chi connectivity index (χ0v) is 12.6. The zero-order valence-electron chi connectivity index (χ0n) is 11.8. The van der Waals surface area contributed by atoms with Crippen molar-refractivity contribution in [3.63, 3.8) is 0 Å². The maximum atomic E-state index is 12.1. The summed E-state index contributed by atoms with van der Waals surface area (Å²) < 4.78 is 28.1.